The number of likely N-dealkylation sites (N-methyl/N-ethyl adjacent to an activating group) is 1. The van der Waals surface area contributed by atoms with Gasteiger partial charge in [-0.3, -0.25) is 9.69 Å². The molecule has 1 aromatic carbocycles. The number of para-hydroxylation sites is 1. The van der Waals surface area contributed by atoms with Gasteiger partial charge in [0.1, 0.15) is 23.4 Å². The van der Waals surface area contributed by atoms with Crippen molar-refractivity contribution in [3.8, 4) is 0 Å². The third kappa shape index (κ3) is 6.73. The average molecular weight is 527 g/mol. The Morgan fingerprint density at radius 3 is 2.45 bits per heavy atom. The predicted molar refractivity (Wildman–Crippen MR) is 143 cm³/mol. The second kappa shape index (κ2) is 11.3. The lowest BCUT2D eigenvalue weighted by Gasteiger charge is -2.31. The molecule has 2 atom stereocenters. The van der Waals surface area contributed by atoms with Crippen molar-refractivity contribution in [2.45, 2.75) is 72.1 Å². The summed E-state index contributed by atoms with van der Waals surface area (Å²) in [6.45, 7) is 10.7. The number of aromatic carboxylic acids is 1. The van der Waals surface area contributed by atoms with E-state index in [1.165, 1.54) is 18.9 Å². The maximum atomic E-state index is 13.7. The van der Waals surface area contributed by atoms with Crippen LogP contribution in [0.5, 0.6) is 0 Å². The minimum absolute atomic E-state index is 0.0874. The molecule has 38 heavy (non-hydrogen) atoms. The number of fused-ring (bicyclic) bond motifs is 1. The minimum atomic E-state index is -1.21. The van der Waals surface area contributed by atoms with Crippen LogP contribution in [-0.2, 0) is 23.0 Å². The van der Waals surface area contributed by atoms with Gasteiger partial charge in [-0.25, -0.2) is 14.6 Å². The molecule has 0 bridgehead atoms. The summed E-state index contributed by atoms with van der Waals surface area (Å²) in [5.74, 6) is -1.28. The van der Waals surface area contributed by atoms with Crippen LogP contribution in [0.15, 0.2) is 34.9 Å². The number of hydrogen-bond acceptors (Lipinski definition) is 6. The molecule has 0 aliphatic rings. The second-order valence-corrected chi connectivity index (χ2v) is 11.0. The number of rotatable bonds is 9. The van der Waals surface area contributed by atoms with Gasteiger partial charge in [0.15, 0.2) is 5.69 Å². The van der Waals surface area contributed by atoms with E-state index in [1.807, 2.05) is 55.9 Å². The fourth-order valence-corrected chi connectivity index (χ4v) is 4.39. The number of carbonyl (C=O) groups excluding carboxylic acids is 2. The highest BCUT2D eigenvalue weighted by Gasteiger charge is 2.34. The number of carbonyl (C=O) groups is 3. The summed E-state index contributed by atoms with van der Waals surface area (Å²) in [6, 6.07) is 6.27. The quantitative estimate of drug-likeness (QED) is 0.408. The molecule has 2 heterocycles. The van der Waals surface area contributed by atoms with Gasteiger partial charge in [0, 0.05) is 37.6 Å². The van der Waals surface area contributed by atoms with Crippen molar-refractivity contribution < 1.29 is 28.6 Å². The number of aryl methyl sites for hydroxylation is 2. The molecule has 2 amide bonds. The van der Waals surface area contributed by atoms with E-state index < -0.39 is 35.7 Å². The first-order valence-electron chi connectivity index (χ1n) is 12.7. The molecule has 3 rings (SSSR count). The molecule has 10 heteroatoms. The number of oxazole rings is 1. The van der Waals surface area contributed by atoms with Crippen molar-refractivity contribution in [3.63, 3.8) is 0 Å². The summed E-state index contributed by atoms with van der Waals surface area (Å²) in [7, 11) is 3.48. The zero-order valence-corrected chi connectivity index (χ0v) is 23.4. The molecule has 0 fully saturated rings. The van der Waals surface area contributed by atoms with E-state index in [-0.39, 0.29) is 23.3 Å². The number of carboxylic acids is 1. The highest BCUT2D eigenvalue weighted by atomic mass is 16.6. The topological polar surface area (TPSA) is 127 Å². The Morgan fingerprint density at radius 1 is 1.21 bits per heavy atom. The highest BCUT2D eigenvalue weighted by Crippen LogP contribution is 2.27. The maximum absolute atomic E-state index is 13.7. The lowest BCUT2D eigenvalue weighted by atomic mass is 10.0. The normalized spacial score (nSPS) is 13.4. The van der Waals surface area contributed by atoms with Crippen molar-refractivity contribution in [2.24, 2.45) is 13.0 Å². The van der Waals surface area contributed by atoms with Gasteiger partial charge in [-0.1, -0.05) is 32.0 Å². The maximum Gasteiger partial charge on any atom is 0.410 e. The number of aromatic nitrogens is 2. The Hall–Kier alpha value is -3.82. The van der Waals surface area contributed by atoms with Crippen LogP contribution in [0.3, 0.4) is 0 Å². The molecule has 2 N–H and O–H groups in total. The monoisotopic (exact) mass is 526 g/mol. The molecule has 0 spiro atoms. The summed E-state index contributed by atoms with van der Waals surface area (Å²) in [5.41, 5.74) is 1.03. The highest BCUT2D eigenvalue weighted by molar-refractivity contribution is 5.87. The van der Waals surface area contributed by atoms with Crippen LogP contribution >= 0.6 is 0 Å². The Balaban J connectivity index is 1.98. The molecule has 3 aromatic rings. The number of ether oxygens (including phenoxy) is 1. The summed E-state index contributed by atoms with van der Waals surface area (Å²) < 4.78 is 13.2. The standard InChI is InChI=1S/C28H38N4O6/c1-16(2)13-22(32(8)27(36)38-28(4,5)6)24(33)29-20(25-30-23(26(34)35)17(3)37-25)14-18-15-31(7)21-12-10-9-11-19(18)21/h9-12,15-16,20,22H,13-14H2,1-8H3,(H,29,33)(H,34,35)/t20-,22+/m1/s1. The van der Waals surface area contributed by atoms with Gasteiger partial charge in [-0.15, -0.1) is 0 Å². The molecule has 206 valence electrons. The fourth-order valence-electron chi connectivity index (χ4n) is 4.39. The van der Waals surface area contributed by atoms with Crippen LogP contribution in [0.4, 0.5) is 4.79 Å². The second-order valence-electron chi connectivity index (χ2n) is 11.0. The van der Waals surface area contributed by atoms with Crippen molar-refractivity contribution in [3.05, 3.63) is 53.4 Å². The van der Waals surface area contributed by atoms with Gasteiger partial charge in [0.25, 0.3) is 0 Å². The Morgan fingerprint density at radius 2 is 1.87 bits per heavy atom. The van der Waals surface area contributed by atoms with Crippen LogP contribution in [0.2, 0.25) is 0 Å². The molecule has 0 saturated carbocycles. The van der Waals surface area contributed by atoms with Gasteiger partial charge >= 0.3 is 12.1 Å². The minimum Gasteiger partial charge on any atom is -0.476 e. The van der Waals surface area contributed by atoms with Crippen molar-refractivity contribution in [1.29, 1.82) is 0 Å². The zero-order chi connectivity index (χ0) is 28.4. The van der Waals surface area contributed by atoms with E-state index in [4.69, 9.17) is 9.15 Å². The SMILES string of the molecule is Cc1oc([C@@H](Cc2cn(C)c3ccccc23)NC(=O)[C@H](CC(C)C)N(C)C(=O)OC(C)(C)C)nc1C(=O)O. The molecule has 10 nitrogen and oxygen atoms in total. The molecule has 0 radical (unpaired) electrons. The first kappa shape index (κ1) is 28.7. The van der Waals surface area contributed by atoms with Gasteiger partial charge in [0.2, 0.25) is 11.8 Å². The van der Waals surface area contributed by atoms with Crippen molar-refractivity contribution in [1.82, 2.24) is 19.8 Å². The van der Waals surface area contributed by atoms with E-state index in [0.717, 1.165) is 16.5 Å². The summed E-state index contributed by atoms with van der Waals surface area (Å²) >= 11 is 0. The van der Waals surface area contributed by atoms with Crippen LogP contribution in [0.25, 0.3) is 10.9 Å². The van der Waals surface area contributed by atoms with Gasteiger partial charge in [-0.05, 0) is 51.7 Å². The smallest absolute Gasteiger partial charge is 0.410 e. The zero-order valence-electron chi connectivity index (χ0n) is 23.4. The third-order valence-electron chi connectivity index (χ3n) is 6.18. The Labute approximate surface area is 223 Å². The van der Waals surface area contributed by atoms with E-state index in [1.54, 1.807) is 20.8 Å². The Bertz CT molecular complexity index is 1320. The van der Waals surface area contributed by atoms with Gasteiger partial charge in [0.05, 0.1) is 0 Å². The number of nitrogens with zero attached hydrogens (tertiary/aromatic N) is 3. The number of carboxylic acid groups (broad SMARTS) is 1. The van der Waals surface area contributed by atoms with E-state index in [2.05, 4.69) is 10.3 Å². The van der Waals surface area contributed by atoms with Crippen LogP contribution < -0.4 is 5.32 Å². The van der Waals surface area contributed by atoms with E-state index in [9.17, 15) is 19.5 Å². The van der Waals surface area contributed by atoms with Crippen LogP contribution in [0.1, 0.15) is 74.8 Å². The molecule has 0 unspecified atom stereocenters. The third-order valence-corrected chi connectivity index (χ3v) is 6.18. The molecule has 0 aliphatic heterocycles. The van der Waals surface area contributed by atoms with Crippen molar-refractivity contribution >= 4 is 28.9 Å². The van der Waals surface area contributed by atoms with E-state index >= 15 is 0 Å². The largest absolute Gasteiger partial charge is 0.476 e. The lowest BCUT2D eigenvalue weighted by molar-refractivity contribution is -0.127. The first-order chi connectivity index (χ1) is 17.7. The summed E-state index contributed by atoms with van der Waals surface area (Å²) in [5, 5.41) is 13.5. The first-order valence-corrected chi connectivity index (χ1v) is 12.7. The predicted octanol–water partition coefficient (Wildman–Crippen LogP) is 4.85. The average Bonchev–Trinajstić information content (AvgIpc) is 3.35. The molecule has 2 aromatic heterocycles. The number of hydrogen-bond donors (Lipinski definition) is 2. The molecular weight excluding hydrogens is 488 g/mol. The number of amides is 2. The van der Waals surface area contributed by atoms with Crippen LogP contribution in [-0.4, -0.2) is 56.2 Å². The van der Waals surface area contributed by atoms with Crippen molar-refractivity contribution in [2.75, 3.05) is 7.05 Å². The molecule has 0 saturated heterocycles. The fraction of sp³-hybridized carbons (Fsp3) is 0.500. The molecular formula is C28H38N4O6. The van der Waals surface area contributed by atoms with Crippen LogP contribution in [0, 0.1) is 12.8 Å². The summed E-state index contributed by atoms with van der Waals surface area (Å²) in [4.78, 5) is 43.7. The summed E-state index contributed by atoms with van der Waals surface area (Å²) in [6.07, 6.45) is 2.06. The van der Waals surface area contributed by atoms with Gasteiger partial charge < -0.3 is 24.1 Å². The molecule has 0 aliphatic carbocycles. The number of nitrogens with one attached hydrogen (secondary N) is 1. The van der Waals surface area contributed by atoms with Gasteiger partial charge in [-0.2, -0.15) is 0 Å². The lowest BCUT2D eigenvalue weighted by Crippen LogP contribution is -2.50. The van der Waals surface area contributed by atoms with E-state index in [0.29, 0.717) is 12.8 Å². The Kier molecular flexibility index (Phi) is 8.54. The number of benzene rings is 1.